The van der Waals surface area contributed by atoms with Crippen molar-refractivity contribution < 1.29 is 4.74 Å². The molecule has 61 heavy (non-hydrogen) atoms. The summed E-state index contributed by atoms with van der Waals surface area (Å²) in [6.07, 6.45) is 0. The van der Waals surface area contributed by atoms with Crippen LogP contribution in [0, 0.1) is 0 Å². The Labute approximate surface area is 358 Å². The van der Waals surface area contributed by atoms with Crippen molar-refractivity contribution >= 4 is 34.1 Å². The van der Waals surface area contributed by atoms with Crippen molar-refractivity contribution in [2.45, 2.75) is 24.9 Å². The molecule has 0 amide bonds. The van der Waals surface area contributed by atoms with Gasteiger partial charge in [-0.1, -0.05) is 166 Å². The molecular formula is C58H44N2O. The Hall–Kier alpha value is -7.62. The lowest BCUT2D eigenvalue weighted by Crippen LogP contribution is -2.38. The Morgan fingerprint density at radius 1 is 0.311 bits per heavy atom. The third-order valence-electron chi connectivity index (χ3n) is 12.7. The molecule has 2 aliphatic rings. The van der Waals surface area contributed by atoms with Gasteiger partial charge in [0.25, 0.3) is 0 Å². The molecule has 0 bridgehead atoms. The van der Waals surface area contributed by atoms with Gasteiger partial charge in [-0.3, -0.25) is 0 Å². The van der Waals surface area contributed by atoms with E-state index in [-0.39, 0.29) is 5.41 Å². The third kappa shape index (κ3) is 5.96. The number of anilines is 6. The summed E-state index contributed by atoms with van der Waals surface area (Å²) >= 11 is 0. The number of benzene rings is 9. The number of ether oxygens (including phenoxy) is 1. The van der Waals surface area contributed by atoms with Crippen LogP contribution in [0.3, 0.4) is 0 Å². The Morgan fingerprint density at radius 2 is 0.705 bits per heavy atom. The molecule has 0 radical (unpaired) electrons. The van der Waals surface area contributed by atoms with Crippen molar-refractivity contribution in [2.24, 2.45) is 0 Å². The smallest absolute Gasteiger partial charge is 0.185 e. The molecule has 3 nitrogen and oxygen atoms in total. The lowest BCUT2D eigenvalue weighted by molar-refractivity contribution is 0.152. The zero-order valence-electron chi connectivity index (χ0n) is 34.2. The zero-order valence-corrected chi connectivity index (χ0v) is 34.2. The fourth-order valence-corrected chi connectivity index (χ4v) is 9.77. The number of nitrogens with zero attached hydrogens (tertiary/aromatic N) is 2. The first-order valence-corrected chi connectivity index (χ1v) is 21.1. The monoisotopic (exact) mass is 784 g/mol. The number of rotatable bonds is 8. The van der Waals surface area contributed by atoms with Crippen LogP contribution in [0.2, 0.25) is 0 Å². The Balaban J connectivity index is 1.06. The average Bonchev–Trinajstić information content (AvgIpc) is 3.55. The lowest BCUT2D eigenvalue weighted by atomic mass is 9.75. The highest BCUT2D eigenvalue weighted by Gasteiger charge is 2.44. The highest BCUT2D eigenvalue weighted by Crippen LogP contribution is 2.54. The van der Waals surface area contributed by atoms with Crippen molar-refractivity contribution in [3.8, 4) is 28.0 Å². The summed E-state index contributed by atoms with van der Waals surface area (Å²) in [7, 11) is 0. The highest BCUT2D eigenvalue weighted by molar-refractivity contribution is 5.87. The van der Waals surface area contributed by atoms with E-state index in [1.54, 1.807) is 0 Å². The SMILES string of the molecule is CC1(C)c2ccccc2-c2ccc(N(c3ccccc3)c3ccc(C4(c5ccccc5)Oc5cc(N(c6ccccc6)c6ccccc6)ccc5-c5ccccc54)cc3)cc21. The van der Waals surface area contributed by atoms with Crippen LogP contribution in [0.1, 0.15) is 41.7 Å². The first-order valence-electron chi connectivity index (χ1n) is 21.1. The van der Waals surface area contributed by atoms with Gasteiger partial charge in [-0.05, 0) is 101 Å². The Bertz CT molecular complexity index is 2980. The minimum atomic E-state index is -0.937. The molecule has 0 aromatic heterocycles. The summed E-state index contributed by atoms with van der Waals surface area (Å²) < 4.78 is 7.61. The lowest BCUT2D eigenvalue weighted by Gasteiger charge is -2.42. The molecule has 1 heterocycles. The van der Waals surface area contributed by atoms with E-state index in [9.17, 15) is 0 Å². The first-order chi connectivity index (χ1) is 30.0. The average molecular weight is 785 g/mol. The van der Waals surface area contributed by atoms with Crippen LogP contribution < -0.4 is 14.5 Å². The molecule has 1 aliphatic heterocycles. The van der Waals surface area contributed by atoms with E-state index in [2.05, 4.69) is 254 Å². The van der Waals surface area contributed by atoms with Crippen LogP contribution in [-0.2, 0) is 11.0 Å². The van der Waals surface area contributed by atoms with Crippen LogP contribution >= 0.6 is 0 Å². The summed E-state index contributed by atoms with van der Waals surface area (Å²) in [6, 6.07) is 82.7. The molecule has 1 atom stereocenters. The molecule has 0 N–H and O–H groups in total. The number of fused-ring (bicyclic) bond motifs is 6. The number of hydrogen-bond donors (Lipinski definition) is 0. The number of para-hydroxylation sites is 3. The second-order valence-electron chi connectivity index (χ2n) is 16.5. The van der Waals surface area contributed by atoms with Gasteiger partial charge in [0, 0.05) is 67.9 Å². The molecular weight excluding hydrogens is 741 g/mol. The summed E-state index contributed by atoms with van der Waals surface area (Å²) in [5, 5.41) is 0. The van der Waals surface area contributed by atoms with Gasteiger partial charge in [0.1, 0.15) is 5.75 Å². The largest absolute Gasteiger partial charge is 0.472 e. The summed E-state index contributed by atoms with van der Waals surface area (Å²) in [6.45, 7) is 4.69. The van der Waals surface area contributed by atoms with Crippen molar-refractivity contribution in [3.63, 3.8) is 0 Å². The van der Waals surface area contributed by atoms with Gasteiger partial charge in [0.05, 0.1) is 0 Å². The Kier molecular flexibility index (Phi) is 8.72. The maximum atomic E-state index is 7.61. The minimum Gasteiger partial charge on any atom is -0.472 e. The summed E-state index contributed by atoms with van der Waals surface area (Å²) in [5.74, 6) is 0.827. The zero-order chi connectivity index (χ0) is 41.0. The molecule has 1 unspecified atom stereocenters. The topological polar surface area (TPSA) is 15.7 Å². The fourth-order valence-electron chi connectivity index (χ4n) is 9.77. The van der Waals surface area contributed by atoms with Gasteiger partial charge in [-0.15, -0.1) is 0 Å². The Morgan fingerprint density at radius 3 is 1.28 bits per heavy atom. The maximum Gasteiger partial charge on any atom is 0.185 e. The van der Waals surface area contributed by atoms with Crippen LogP contribution in [0.5, 0.6) is 5.75 Å². The van der Waals surface area contributed by atoms with Crippen molar-refractivity contribution in [1.82, 2.24) is 0 Å². The maximum absolute atomic E-state index is 7.61. The van der Waals surface area contributed by atoms with Gasteiger partial charge < -0.3 is 14.5 Å². The van der Waals surface area contributed by atoms with Crippen LogP contribution in [0.15, 0.2) is 231 Å². The van der Waals surface area contributed by atoms with E-state index in [0.717, 1.165) is 67.7 Å². The molecule has 1 aliphatic carbocycles. The molecule has 9 aromatic carbocycles. The van der Waals surface area contributed by atoms with Gasteiger partial charge >= 0.3 is 0 Å². The molecule has 9 aromatic rings. The van der Waals surface area contributed by atoms with Crippen LogP contribution in [0.25, 0.3) is 22.3 Å². The van der Waals surface area contributed by atoms with E-state index in [1.807, 2.05) is 0 Å². The van der Waals surface area contributed by atoms with Crippen molar-refractivity contribution in [1.29, 1.82) is 0 Å². The summed E-state index contributed by atoms with van der Waals surface area (Å²) in [4.78, 5) is 4.66. The van der Waals surface area contributed by atoms with Crippen LogP contribution in [0.4, 0.5) is 34.1 Å². The van der Waals surface area contributed by atoms with E-state index in [0.29, 0.717) is 0 Å². The van der Waals surface area contributed by atoms with Crippen LogP contribution in [-0.4, -0.2) is 0 Å². The van der Waals surface area contributed by atoms with E-state index in [4.69, 9.17) is 4.74 Å². The van der Waals surface area contributed by atoms with E-state index in [1.165, 1.54) is 22.3 Å². The molecule has 11 rings (SSSR count). The highest BCUT2D eigenvalue weighted by atomic mass is 16.5. The van der Waals surface area contributed by atoms with Crippen molar-refractivity contribution in [2.75, 3.05) is 9.80 Å². The van der Waals surface area contributed by atoms with Gasteiger partial charge in [-0.25, -0.2) is 0 Å². The first kappa shape index (κ1) is 36.5. The predicted molar refractivity (Wildman–Crippen MR) is 252 cm³/mol. The molecule has 0 saturated carbocycles. The standard InChI is InChI=1S/C58H44N2O/c1-57(2)53-29-17-15-27-49(53)51-37-35-47(39-55(51)57)60(45-25-13-6-14-26-45)46-33-31-42(32-34-46)58(41-19-7-3-8-20-41)54-30-18-16-28-50(54)52-38-36-48(40-56(52)61-58)59(43-21-9-4-10-22-43)44-23-11-5-12-24-44/h3-40H,1-2H3. The van der Waals surface area contributed by atoms with Crippen molar-refractivity contribution in [3.05, 3.63) is 258 Å². The molecule has 0 spiro atoms. The molecule has 0 saturated heterocycles. The predicted octanol–water partition coefficient (Wildman–Crippen LogP) is 15.3. The van der Waals surface area contributed by atoms with Gasteiger partial charge in [0.15, 0.2) is 5.60 Å². The quantitative estimate of drug-likeness (QED) is 0.153. The summed E-state index contributed by atoms with van der Waals surface area (Å²) in [5.41, 5.74) is 16.2. The van der Waals surface area contributed by atoms with E-state index < -0.39 is 5.60 Å². The van der Waals surface area contributed by atoms with E-state index >= 15 is 0 Å². The molecule has 3 heteroatoms. The normalized spacial score (nSPS) is 15.4. The molecule has 292 valence electrons. The van der Waals surface area contributed by atoms with Gasteiger partial charge in [-0.2, -0.15) is 0 Å². The third-order valence-corrected chi connectivity index (χ3v) is 12.7. The number of hydrogen-bond acceptors (Lipinski definition) is 3. The second kappa shape index (κ2) is 14.6. The minimum absolute atomic E-state index is 0.114. The van der Waals surface area contributed by atoms with Gasteiger partial charge in [0.2, 0.25) is 0 Å². The molecule has 0 fully saturated rings. The fraction of sp³-hybridized carbons (Fsp3) is 0.0690. The second-order valence-corrected chi connectivity index (χ2v) is 16.5.